The highest BCUT2D eigenvalue weighted by molar-refractivity contribution is 6.42. The molecule has 1 aliphatic rings. The lowest BCUT2D eigenvalue weighted by Crippen LogP contribution is -2.39. The number of anilines is 1. The molecule has 0 aromatic heterocycles. The first-order chi connectivity index (χ1) is 17.3. The van der Waals surface area contributed by atoms with Gasteiger partial charge in [0.25, 0.3) is 5.91 Å². The summed E-state index contributed by atoms with van der Waals surface area (Å²) in [5, 5.41) is 13.5. The number of hydrogen-bond donors (Lipinski definition) is 2. The molecule has 1 saturated heterocycles. The molecule has 2 N–H and O–H groups in total. The number of nitrogens with zero attached hydrogens (tertiary/aromatic N) is 2. The van der Waals surface area contributed by atoms with Gasteiger partial charge in [-0.2, -0.15) is 0 Å². The highest BCUT2D eigenvalue weighted by Gasteiger charge is 2.28. The van der Waals surface area contributed by atoms with Gasteiger partial charge < -0.3 is 15.3 Å². The van der Waals surface area contributed by atoms with Gasteiger partial charge in [0.05, 0.1) is 28.6 Å². The smallest absolute Gasteiger partial charge is 0.255 e. The minimum absolute atomic E-state index is 0.0310. The Morgan fingerprint density at radius 1 is 1.06 bits per heavy atom. The molecule has 0 aliphatic carbocycles. The van der Waals surface area contributed by atoms with Gasteiger partial charge in [-0.3, -0.25) is 14.5 Å². The molecule has 1 heterocycles. The Morgan fingerprint density at radius 3 is 2.53 bits per heavy atom. The molecule has 8 heteroatoms. The van der Waals surface area contributed by atoms with E-state index in [2.05, 4.69) is 10.2 Å². The fourth-order valence-electron chi connectivity index (χ4n) is 4.42. The number of aliphatic hydroxyl groups excluding tert-OH is 1. The molecule has 0 saturated carbocycles. The molecule has 6 nitrogen and oxygen atoms in total. The van der Waals surface area contributed by atoms with Crippen molar-refractivity contribution in [2.75, 3.05) is 32.0 Å². The van der Waals surface area contributed by atoms with E-state index < -0.39 is 0 Å². The maximum Gasteiger partial charge on any atom is 0.255 e. The normalized spacial score (nSPS) is 16.5. The van der Waals surface area contributed by atoms with Crippen molar-refractivity contribution in [2.24, 2.45) is 0 Å². The van der Waals surface area contributed by atoms with E-state index in [9.17, 15) is 14.7 Å². The van der Waals surface area contributed by atoms with Crippen molar-refractivity contribution >= 4 is 40.7 Å². The molecule has 0 bridgehead atoms. The highest BCUT2D eigenvalue weighted by Crippen LogP contribution is 2.25. The van der Waals surface area contributed by atoms with Crippen LogP contribution in [-0.4, -0.2) is 59.5 Å². The van der Waals surface area contributed by atoms with E-state index in [1.807, 2.05) is 49.5 Å². The van der Waals surface area contributed by atoms with Crippen molar-refractivity contribution < 1.29 is 14.7 Å². The van der Waals surface area contributed by atoms with Crippen molar-refractivity contribution in [2.45, 2.75) is 25.0 Å². The van der Waals surface area contributed by atoms with Gasteiger partial charge in [-0.05, 0) is 47.9 Å². The summed E-state index contributed by atoms with van der Waals surface area (Å²) in [6.07, 6.45) is 0.628. The van der Waals surface area contributed by atoms with E-state index in [1.165, 1.54) is 6.07 Å². The fourth-order valence-corrected chi connectivity index (χ4v) is 4.72. The summed E-state index contributed by atoms with van der Waals surface area (Å²) in [6.45, 7) is 2.09. The van der Waals surface area contributed by atoms with Gasteiger partial charge in [0.2, 0.25) is 5.91 Å². The molecule has 4 rings (SSSR count). The fraction of sp³-hybridized carbons (Fsp3) is 0.286. The van der Waals surface area contributed by atoms with Crippen LogP contribution in [0.2, 0.25) is 10.0 Å². The molecule has 0 spiro atoms. The molecule has 2 atom stereocenters. The zero-order valence-corrected chi connectivity index (χ0v) is 21.5. The van der Waals surface area contributed by atoms with E-state index in [-0.39, 0.29) is 30.4 Å². The summed E-state index contributed by atoms with van der Waals surface area (Å²) in [6, 6.07) is 21.8. The summed E-state index contributed by atoms with van der Waals surface area (Å²) in [4.78, 5) is 30.0. The average molecular weight is 526 g/mol. The molecular weight excluding hydrogens is 497 g/mol. The van der Waals surface area contributed by atoms with Crippen LogP contribution in [0.4, 0.5) is 5.69 Å². The average Bonchev–Trinajstić information content (AvgIpc) is 3.29. The third-order valence-electron chi connectivity index (χ3n) is 6.45. The number of likely N-dealkylation sites (tertiary alicyclic amines) is 1. The number of likely N-dealkylation sites (N-methyl/N-ethyl adjacent to an activating group) is 1. The Kier molecular flexibility index (Phi) is 8.64. The van der Waals surface area contributed by atoms with Crippen molar-refractivity contribution in [1.82, 2.24) is 9.80 Å². The molecule has 3 aromatic carbocycles. The lowest BCUT2D eigenvalue weighted by Gasteiger charge is -2.32. The molecule has 0 radical (unpaired) electrons. The first-order valence-corrected chi connectivity index (χ1v) is 12.6. The molecule has 2 amide bonds. The molecule has 188 valence electrons. The summed E-state index contributed by atoms with van der Waals surface area (Å²) < 4.78 is 0. The Hall–Kier alpha value is -2.90. The minimum Gasteiger partial charge on any atom is -0.392 e. The van der Waals surface area contributed by atoms with Crippen molar-refractivity contribution in [3.8, 4) is 0 Å². The summed E-state index contributed by atoms with van der Waals surface area (Å²) in [5.41, 5.74) is 2.83. The number of aliphatic hydroxyl groups is 1. The number of hydrogen-bond acceptors (Lipinski definition) is 4. The number of halogens is 2. The van der Waals surface area contributed by atoms with Crippen molar-refractivity contribution in [3.05, 3.63) is 99.5 Å². The zero-order valence-electron chi connectivity index (χ0n) is 20.0. The summed E-state index contributed by atoms with van der Waals surface area (Å²) in [5.74, 6) is -0.345. The second kappa shape index (κ2) is 11.9. The maximum absolute atomic E-state index is 13.3. The van der Waals surface area contributed by atoms with Crippen LogP contribution >= 0.6 is 23.2 Å². The maximum atomic E-state index is 13.3. The van der Waals surface area contributed by atoms with Crippen LogP contribution < -0.4 is 5.32 Å². The van der Waals surface area contributed by atoms with Crippen LogP contribution in [0.5, 0.6) is 0 Å². The summed E-state index contributed by atoms with van der Waals surface area (Å²) >= 11 is 12.0. The molecular formula is C28H29Cl2N3O3. The number of rotatable bonds is 8. The number of β-amino-alcohol motifs (C(OH)–C–C–N with tert-alkyl or cyclic N) is 1. The highest BCUT2D eigenvalue weighted by atomic mass is 35.5. The largest absolute Gasteiger partial charge is 0.392 e. The number of benzene rings is 3. The quantitative estimate of drug-likeness (QED) is 0.431. The Labute approximate surface area is 221 Å². The molecule has 1 fully saturated rings. The van der Waals surface area contributed by atoms with Gasteiger partial charge in [-0.1, -0.05) is 65.7 Å². The second-order valence-electron chi connectivity index (χ2n) is 9.09. The number of carbonyl (C=O) groups is 2. The van der Waals surface area contributed by atoms with Crippen LogP contribution in [0.25, 0.3) is 0 Å². The van der Waals surface area contributed by atoms with Gasteiger partial charge in [-0.15, -0.1) is 0 Å². The van der Waals surface area contributed by atoms with Crippen LogP contribution in [0.1, 0.15) is 33.9 Å². The topological polar surface area (TPSA) is 72.9 Å². The van der Waals surface area contributed by atoms with Gasteiger partial charge in [0.1, 0.15) is 0 Å². The van der Waals surface area contributed by atoms with Crippen molar-refractivity contribution in [1.29, 1.82) is 0 Å². The zero-order chi connectivity index (χ0) is 25.7. The number of amides is 2. The lowest BCUT2D eigenvalue weighted by molar-refractivity contribution is -0.131. The Balaban J connectivity index is 1.45. The SMILES string of the molecule is CN(C(=O)Cc1cccc(NC(=O)c2ccc(Cl)c(Cl)c2)c1)[C@H](CN1CC[C@H](O)C1)c1ccccc1. The van der Waals surface area contributed by atoms with Crippen molar-refractivity contribution in [3.63, 3.8) is 0 Å². The van der Waals surface area contributed by atoms with Crippen LogP contribution in [-0.2, 0) is 11.2 Å². The van der Waals surface area contributed by atoms with E-state index in [1.54, 1.807) is 29.2 Å². The lowest BCUT2D eigenvalue weighted by atomic mass is 10.0. The van der Waals surface area contributed by atoms with E-state index in [0.29, 0.717) is 34.4 Å². The number of carbonyl (C=O) groups excluding carboxylic acids is 2. The number of nitrogens with one attached hydrogen (secondary N) is 1. The second-order valence-corrected chi connectivity index (χ2v) is 9.91. The van der Waals surface area contributed by atoms with Crippen LogP contribution in [0, 0.1) is 0 Å². The third-order valence-corrected chi connectivity index (χ3v) is 7.18. The Morgan fingerprint density at radius 2 is 1.83 bits per heavy atom. The summed E-state index contributed by atoms with van der Waals surface area (Å²) in [7, 11) is 1.82. The molecule has 1 aliphatic heterocycles. The van der Waals surface area contributed by atoms with E-state index in [4.69, 9.17) is 23.2 Å². The van der Waals surface area contributed by atoms with E-state index in [0.717, 1.165) is 24.1 Å². The molecule has 3 aromatic rings. The minimum atomic E-state index is -0.315. The van der Waals surface area contributed by atoms with Crippen LogP contribution in [0.15, 0.2) is 72.8 Å². The first kappa shape index (κ1) is 26.2. The monoisotopic (exact) mass is 525 g/mol. The van der Waals surface area contributed by atoms with Gasteiger partial charge in [0, 0.05) is 37.9 Å². The van der Waals surface area contributed by atoms with Gasteiger partial charge in [-0.25, -0.2) is 0 Å². The van der Waals surface area contributed by atoms with E-state index >= 15 is 0 Å². The van der Waals surface area contributed by atoms with Gasteiger partial charge in [0.15, 0.2) is 0 Å². The molecule has 36 heavy (non-hydrogen) atoms. The third kappa shape index (κ3) is 6.65. The first-order valence-electron chi connectivity index (χ1n) is 11.9. The Bertz CT molecular complexity index is 1220. The standard InChI is InChI=1S/C28H29Cl2N3O3/c1-32(26(20-7-3-2-4-8-20)18-33-13-12-23(34)17-33)27(35)15-19-6-5-9-22(14-19)31-28(36)21-10-11-24(29)25(30)16-21/h2-11,14,16,23,26,34H,12-13,15,17-18H2,1H3,(H,31,36)/t23-,26+/m0/s1. The van der Waals surface area contributed by atoms with Gasteiger partial charge >= 0.3 is 0 Å². The predicted molar refractivity (Wildman–Crippen MR) is 144 cm³/mol. The predicted octanol–water partition coefficient (Wildman–Crippen LogP) is 5.05. The van der Waals surface area contributed by atoms with Crippen LogP contribution in [0.3, 0.4) is 0 Å². The molecule has 0 unspecified atom stereocenters.